The number of nitrogens with zero attached hydrogens (tertiary/aromatic N) is 5. The molecule has 4 heterocycles. The van der Waals surface area contributed by atoms with E-state index in [4.69, 9.17) is 9.97 Å². The van der Waals surface area contributed by atoms with Gasteiger partial charge in [0.05, 0.1) is 17.9 Å². The zero-order chi connectivity index (χ0) is 22.9. The van der Waals surface area contributed by atoms with Crippen molar-refractivity contribution >= 4 is 23.5 Å². The highest BCUT2D eigenvalue weighted by Gasteiger charge is 2.33. The van der Waals surface area contributed by atoms with E-state index in [0.717, 1.165) is 61.4 Å². The summed E-state index contributed by atoms with van der Waals surface area (Å²) < 4.78 is 13.1. The number of aromatic nitrogens is 5. The summed E-state index contributed by atoms with van der Waals surface area (Å²) in [5.41, 5.74) is 3.94. The number of aryl methyl sites for hydroxylation is 1. The third-order valence-corrected chi connectivity index (χ3v) is 6.42. The number of Topliss-reactive ketones (excluding diaryl/α,β-unsaturated/α-hetero) is 1. The van der Waals surface area contributed by atoms with Gasteiger partial charge in [-0.15, -0.1) is 0 Å². The van der Waals surface area contributed by atoms with E-state index in [2.05, 4.69) is 34.1 Å². The third-order valence-electron chi connectivity index (χ3n) is 6.42. The number of anilines is 3. The van der Waals surface area contributed by atoms with Crippen LogP contribution in [-0.2, 0) is 24.1 Å². The fourth-order valence-electron chi connectivity index (χ4n) is 4.63. The summed E-state index contributed by atoms with van der Waals surface area (Å²) in [5.74, 6) is 1.90. The summed E-state index contributed by atoms with van der Waals surface area (Å²) in [6.07, 6.45) is 8.01. The van der Waals surface area contributed by atoms with Crippen molar-refractivity contribution in [1.82, 2.24) is 24.9 Å². The predicted octanol–water partition coefficient (Wildman–Crippen LogP) is 3.87. The minimum atomic E-state index is -0.544. The van der Waals surface area contributed by atoms with Crippen molar-refractivity contribution in [3.05, 3.63) is 53.0 Å². The van der Waals surface area contributed by atoms with Crippen molar-refractivity contribution in [2.24, 2.45) is 0 Å². The fraction of sp³-hybridized carbons (Fsp3) is 0.458. The number of nitrogens with one attached hydrogen (secondary N) is 2. The molecule has 1 fully saturated rings. The minimum absolute atomic E-state index is 0.0760. The lowest BCUT2D eigenvalue weighted by Gasteiger charge is -2.25. The van der Waals surface area contributed by atoms with Gasteiger partial charge in [-0.1, -0.05) is 19.9 Å². The number of hydrogen-bond acceptors (Lipinski definition) is 7. The van der Waals surface area contributed by atoms with Crippen LogP contribution in [-0.4, -0.2) is 43.3 Å². The summed E-state index contributed by atoms with van der Waals surface area (Å²) in [5, 5.41) is 3.36. The molecule has 0 radical (unpaired) electrons. The topological polar surface area (TPSA) is 99.7 Å². The average molecular weight is 450 g/mol. The van der Waals surface area contributed by atoms with Crippen molar-refractivity contribution < 1.29 is 9.18 Å². The number of rotatable bonds is 7. The molecule has 3 aromatic heterocycles. The van der Waals surface area contributed by atoms with E-state index in [1.165, 1.54) is 12.3 Å². The molecule has 0 aromatic carbocycles. The maximum absolute atomic E-state index is 13.1. The molecule has 2 N–H and O–H groups in total. The quantitative estimate of drug-likeness (QED) is 0.528. The first kappa shape index (κ1) is 21.5. The lowest BCUT2D eigenvalue weighted by molar-refractivity contribution is -0.119. The smallest absolute Gasteiger partial charge is 0.228 e. The van der Waals surface area contributed by atoms with Gasteiger partial charge in [-0.05, 0) is 49.7 Å². The second kappa shape index (κ2) is 8.88. The highest BCUT2D eigenvalue weighted by atomic mass is 19.1. The Bertz CT molecular complexity index is 1160. The van der Waals surface area contributed by atoms with Gasteiger partial charge in [0.15, 0.2) is 5.78 Å². The molecule has 172 valence electrons. The van der Waals surface area contributed by atoms with E-state index < -0.39 is 5.95 Å². The Balaban J connectivity index is 1.40. The average Bonchev–Trinajstić information content (AvgIpc) is 3.55. The number of aromatic amines is 1. The van der Waals surface area contributed by atoms with Crippen LogP contribution in [0.4, 0.5) is 22.1 Å². The van der Waals surface area contributed by atoms with Crippen LogP contribution in [0.15, 0.2) is 24.5 Å². The molecule has 0 saturated carbocycles. The molecule has 1 aliphatic carbocycles. The first-order valence-corrected chi connectivity index (χ1v) is 11.6. The van der Waals surface area contributed by atoms with Crippen LogP contribution < -0.4 is 10.2 Å². The first-order valence-electron chi connectivity index (χ1n) is 11.6. The standard InChI is InChI=1S/C24H28FN7O/c1-14(2)18-13-27-23(28-18)30-22-16-5-3-6-17(16)29-24(31-22)32-10-4-7-19(32)20(33)11-15-8-9-21(25)26-12-15/h8-9,12-14,19H,3-7,10-11H2,1-2H3,(H2,27,28,29,30,31). The van der Waals surface area contributed by atoms with Gasteiger partial charge >= 0.3 is 0 Å². The molecule has 3 aromatic rings. The third kappa shape index (κ3) is 4.44. The molecule has 8 nitrogen and oxygen atoms in total. The number of hydrogen-bond donors (Lipinski definition) is 2. The van der Waals surface area contributed by atoms with Crippen molar-refractivity contribution in [2.75, 3.05) is 16.8 Å². The molecule has 9 heteroatoms. The Morgan fingerprint density at radius 1 is 1.21 bits per heavy atom. The fourth-order valence-corrected chi connectivity index (χ4v) is 4.63. The van der Waals surface area contributed by atoms with Crippen LogP contribution in [0.3, 0.4) is 0 Å². The number of H-pyrrole nitrogens is 1. The largest absolute Gasteiger partial charge is 0.331 e. The molecule has 0 amide bonds. The maximum atomic E-state index is 13.1. The molecule has 1 unspecified atom stereocenters. The van der Waals surface area contributed by atoms with E-state index >= 15 is 0 Å². The SMILES string of the molecule is CC(C)c1cnc(Nc2nc(N3CCCC3C(=O)Cc3ccc(F)nc3)nc3c2CCC3)[nH]1. The van der Waals surface area contributed by atoms with E-state index in [-0.39, 0.29) is 18.2 Å². The van der Waals surface area contributed by atoms with Crippen LogP contribution in [0.25, 0.3) is 0 Å². The van der Waals surface area contributed by atoms with Gasteiger partial charge in [-0.3, -0.25) is 4.79 Å². The van der Waals surface area contributed by atoms with Gasteiger partial charge in [-0.2, -0.15) is 9.37 Å². The Morgan fingerprint density at radius 3 is 2.85 bits per heavy atom. The van der Waals surface area contributed by atoms with Crippen LogP contribution in [0.5, 0.6) is 0 Å². The number of ketones is 1. The Labute approximate surface area is 192 Å². The Morgan fingerprint density at radius 2 is 2.09 bits per heavy atom. The Hall–Kier alpha value is -3.36. The summed E-state index contributed by atoms with van der Waals surface area (Å²) in [6.45, 7) is 4.96. The lowest BCUT2D eigenvalue weighted by atomic mass is 10.0. The van der Waals surface area contributed by atoms with Crippen molar-refractivity contribution in [3.63, 3.8) is 0 Å². The molecule has 1 saturated heterocycles. The normalized spacial score (nSPS) is 17.6. The molecule has 0 bridgehead atoms. The molecule has 2 aliphatic rings. The summed E-state index contributed by atoms with van der Waals surface area (Å²) in [4.78, 5) is 36.3. The highest BCUT2D eigenvalue weighted by Crippen LogP contribution is 2.32. The van der Waals surface area contributed by atoms with Gasteiger partial charge in [0.1, 0.15) is 5.82 Å². The van der Waals surface area contributed by atoms with Crippen LogP contribution in [0.2, 0.25) is 0 Å². The molecule has 5 rings (SSSR count). The predicted molar refractivity (Wildman–Crippen MR) is 123 cm³/mol. The van der Waals surface area contributed by atoms with Crippen molar-refractivity contribution in [3.8, 4) is 0 Å². The maximum Gasteiger partial charge on any atom is 0.228 e. The van der Waals surface area contributed by atoms with E-state index in [9.17, 15) is 9.18 Å². The highest BCUT2D eigenvalue weighted by molar-refractivity contribution is 5.89. The molecule has 33 heavy (non-hydrogen) atoms. The zero-order valence-electron chi connectivity index (χ0n) is 18.9. The monoisotopic (exact) mass is 449 g/mol. The van der Waals surface area contributed by atoms with Gasteiger partial charge < -0.3 is 15.2 Å². The molecule has 1 aliphatic heterocycles. The number of halogens is 1. The number of carbonyl (C=O) groups is 1. The summed E-state index contributed by atoms with van der Waals surface area (Å²) in [6, 6.07) is 2.61. The second-order valence-electron chi connectivity index (χ2n) is 9.10. The molecule has 0 spiro atoms. The van der Waals surface area contributed by atoms with Crippen LogP contribution in [0.1, 0.15) is 61.5 Å². The van der Waals surface area contributed by atoms with Gasteiger partial charge in [0, 0.05) is 30.4 Å². The van der Waals surface area contributed by atoms with Crippen LogP contribution >= 0.6 is 0 Å². The number of pyridine rings is 1. The first-order chi connectivity index (χ1) is 16.0. The van der Waals surface area contributed by atoms with E-state index in [1.54, 1.807) is 6.07 Å². The van der Waals surface area contributed by atoms with Crippen molar-refractivity contribution in [1.29, 1.82) is 0 Å². The van der Waals surface area contributed by atoms with Crippen molar-refractivity contribution in [2.45, 2.75) is 64.3 Å². The van der Waals surface area contributed by atoms with Gasteiger partial charge in [0.25, 0.3) is 0 Å². The van der Waals surface area contributed by atoms with Crippen LogP contribution in [0, 0.1) is 5.95 Å². The van der Waals surface area contributed by atoms with E-state index in [0.29, 0.717) is 23.4 Å². The number of fused-ring (bicyclic) bond motifs is 1. The minimum Gasteiger partial charge on any atom is -0.331 e. The molecular formula is C24H28FN7O. The zero-order valence-corrected chi connectivity index (χ0v) is 18.9. The Kier molecular flexibility index (Phi) is 5.78. The summed E-state index contributed by atoms with van der Waals surface area (Å²) in [7, 11) is 0. The van der Waals surface area contributed by atoms with Gasteiger partial charge in [0.2, 0.25) is 17.8 Å². The van der Waals surface area contributed by atoms with E-state index in [1.807, 2.05) is 11.1 Å². The molecular weight excluding hydrogens is 421 g/mol. The van der Waals surface area contributed by atoms with Gasteiger partial charge in [-0.25, -0.2) is 15.0 Å². The lowest BCUT2D eigenvalue weighted by Crippen LogP contribution is -2.38. The summed E-state index contributed by atoms with van der Waals surface area (Å²) >= 11 is 0. The second-order valence-corrected chi connectivity index (χ2v) is 9.10. The number of imidazole rings is 1. The number of carbonyl (C=O) groups excluding carboxylic acids is 1. The molecule has 1 atom stereocenters.